The summed E-state index contributed by atoms with van der Waals surface area (Å²) in [5, 5.41) is 4.63. The highest BCUT2D eigenvalue weighted by Gasteiger charge is 2.31. The normalized spacial score (nSPS) is 15.9. The number of aryl methyl sites for hydroxylation is 1. The summed E-state index contributed by atoms with van der Waals surface area (Å²) in [6, 6.07) is 11.7. The van der Waals surface area contributed by atoms with Gasteiger partial charge in [0, 0.05) is 43.6 Å². The van der Waals surface area contributed by atoms with Gasteiger partial charge in [-0.1, -0.05) is 6.92 Å². The quantitative estimate of drug-likeness (QED) is 0.432. The van der Waals surface area contributed by atoms with Gasteiger partial charge in [-0.05, 0) is 66.9 Å². The van der Waals surface area contributed by atoms with Crippen LogP contribution in [-0.2, 0) is 17.6 Å². The molecule has 4 aromatic rings. The topological polar surface area (TPSA) is 83.7 Å². The van der Waals surface area contributed by atoms with Crippen molar-refractivity contribution in [3.63, 3.8) is 0 Å². The Morgan fingerprint density at radius 1 is 1.08 bits per heavy atom. The summed E-state index contributed by atoms with van der Waals surface area (Å²) in [5.74, 6) is -0.447. The fourth-order valence-electron chi connectivity index (χ4n) is 4.62. The van der Waals surface area contributed by atoms with Crippen LogP contribution in [0.2, 0.25) is 0 Å². The number of nitrogens with zero attached hydrogens (tertiary/aromatic N) is 6. The van der Waals surface area contributed by atoms with Crippen LogP contribution in [0.3, 0.4) is 0 Å². The smallest absolute Gasteiger partial charge is 0.274 e. The van der Waals surface area contributed by atoms with Crippen LogP contribution >= 0.6 is 0 Å². The number of piperazine rings is 1. The van der Waals surface area contributed by atoms with Crippen molar-refractivity contribution >= 4 is 17.5 Å². The maximum Gasteiger partial charge on any atom is 0.274 e. The van der Waals surface area contributed by atoms with E-state index >= 15 is 0 Å². The van der Waals surface area contributed by atoms with Gasteiger partial charge in [-0.3, -0.25) is 14.6 Å². The van der Waals surface area contributed by atoms with Crippen molar-refractivity contribution in [1.29, 1.82) is 0 Å². The fraction of sp³-hybridized carbons (Fsp3) is 0.296. The molecule has 5 rings (SSSR count). The summed E-state index contributed by atoms with van der Waals surface area (Å²) < 4.78 is 15.0. The minimum atomic E-state index is -0.306. The summed E-state index contributed by atoms with van der Waals surface area (Å²) in [6.07, 6.45) is 6.03. The van der Waals surface area contributed by atoms with Crippen molar-refractivity contribution < 1.29 is 14.0 Å². The van der Waals surface area contributed by atoms with Gasteiger partial charge in [0.1, 0.15) is 11.5 Å². The molecule has 3 aromatic heterocycles. The second kappa shape index (κ2) is 9.85. The second-order valence-corrected chi connectivity index (χ2v) is 9.03. The standard InChI is InChI=1S/C27H27FN6O2/c1-3-20-15-23(21-4-6-22(28)7-5-21)31-34-17-24(30-26(20)34)27(36)32-12-13-33(18(2)16-32)25(35)14-19-8-10-29-11-9-19/h4-11,15,17-18H,3,12-14,16H2,1-2H3/t18-/m0/s1. The van der Waals surface area contributed by atoms with E-state index in [4.69, 9.17) is 0 Å². The van der Waals surface area contributed by atoms with E-state index in [-0.39, 0.29) is 23.7 Å². The lowest BCUT2D eigenvalue weighted by Crippen LogP contribution is -2.55. The Bertz CT molecular complexity index is 1400. The highest BCUT2D eigenvalue weighted by Crippen LogP contribution is 2.22. The number of rotatable bonds is 5. The zero-order chi connectivity index (χ0) is 25.2. The third-order valence-corrected chi connectivity index (χ3v) is 6.58. The van der Waals surface area contributed by atoms with E-state index in [1.54, 1.807) is 40.1 Å². The molecule has 0 saturated carbocycles. The van der Waals surface area contributed by atoms with Crippen LogP contribution in [0.15, 0.2) is 61.1 Å². The number of carbonyl (C=O) groups is 2. The van der Waals surface area contributed by atoms with E-state index in [1.165, 1.54) is 12.1 Å². The van der Waals surface area contributed by atoms with Gasteiger partial charge < -0.3 is 9.80 Å². The first-order valence-corrected chi connectivity index (χ1v) is 12.1. The number of imidazole rings is 1. The molecular weight excluding hydrogens is 459 g/mol. The molecule has 184 valence electrons. The summed E-state index contributed by atoms with van der Waals surface area (Å²) in [6.45, 7) is 5.32. The van der Waals surface area contributed by atoms with E-state index in [1.807, 2.05) is 36.9 Å². The van der Waals surface area contributed by atoms with Crippen LogP contribution in [-0.4, -0.2) is 66.9 Å². The molecule has 1 atom stereocenters. The molecule has 9 heteroatoms. The Labute approximate surface area is 208 Å². The Hall–Kier alpha value is -4.14. The van der Waals surface area contributed by atoms with Gasteiger partial charge in [-0.2, -0.15) is 5.10 Å². The van der Waals surface area contributed by atoms with Crippen molar-refractivity contribution in [2.45, 2.75) is 32.7 Å². The number of pyridine rings is 1. The van der Waals surface area contributed by atoms with Crippen LogP contribution < -0.4 is 0 Å². The lowest BCUT2D eigenvalue weighted by atomic mass is 10.1. The molecule has 1 aromatic carbocycles. The average Bonchev–Trinajstić information content (AvgIpc) is 3.33. The van der Waals surface area contributed by atoms with E-state index in [0.29, 0.717) is 49.5 Å². The van der Waals surface area contributed by atoms with Crippen LogP contribution in [0.1, 0.15) is 35.5 Å². The molecule has 1 saturated heterocycles. The second-order valence-electron chi connectivity index (χ2n) is 9.03. The third kappa shape index (κ3) is 4.68. The summed E-state index contributed by atoms with van der Waals surface area (Å²) >= 11 is 0. The molecule has 1 aliphatic rings. The maximum absolute atomic E-state index is 13.4. The van der Waals surface area contributed by atoms with Crippen molar-refractivity contribution in [2.24, 2.45) is 0 Å². The number of hydrogen-bond donors (Lipinski definition) is 0. The Balaban J connectivity index is 1.33. The molecule has 0 unspecified atom stereocenters. The van der Waals surface area contributed by atoms with E-state index in [2.05, 4.69) is 15.1 Å². The Morgan fingerprint density at radius 2 is 1.83 bits per heavy atom. The molecule has 0 aliphatic carbocycles. The number of amides is 2. The van der Waals surface area contributed by atoms with Crippen LogP contribution in [0.4, 0.5) is 4.39 Å². The first kappa shape index (κ1) is 23.6. The lowest BCUT2D eigenvalue weighted by Gasteiger charge is -2.39. The van der Waals surface area contributed by atoms with Gasteiger partial charge in [-0.15, -0.1) is 0 Å². The predicted octanol–water partition coefficient (Wildman–Crippen LogP) is 3.41. The first-order chi connectivity index (χ1) is 17.4. The number of aromatic nitrogens is 4. The molecule has 0 spiro atoms. The maximum atomic E-state index is 13.4. The highest BCUT2D eigenvalue weighted by molar-refractivity contribution is 5.93. The first-order valence-electron chi connectivity index (χ1n) is 12.1. The fourth-order valence-corrected chi connectivity index (χ4v) is 4.62. The van der Waals surface area contributed by atoms with Gasteiger partial charge in [0.25, 0.3) is 5.91 Å². The Kier molecular flexibility index (Phi) is 6.45. The highest BCUT2D eigenvalue weighted by atomic mass is 19.1. The molecule has 0 N–H and O–H groups in total. The van der Waals surface area contributed by atoms with Gasteiger partial charge in [0.15, 0.2) is 5.65 Å². The molecule has 36 heavy (non-hydrogen) atoms. The minimum Gasteiger partial charge on any atom is -0.336 e. The number of carbonyl (C=O) groups excluding carboxylic acids is 2. The van der Waals surface area contributed by atoms with Crippen molar-refractivity contribution in [3.8, 4) is 11.3 Å². The summed E-state index contributed by atoms with van der Waals surface area (Å²) in [5.41, 5.74) is 4.29. The predicted molar refractivity (Wildman–Crippen MR) is 133 cm³/mol. The van der Waals surface area contributed by atoms with Crippen LogP contribution in [0.25, 0.3) is 16.9 Å². The molecule has 8 nitrogen and oxygen atoms in total. The lowest BCUT2D eigenvalue weighted by molar-refractivity contribution is -0.134. The van der Waals surface area contributed by atoms with E-state index in [9.17, 15) is 14.0 Å². The third-order valence-electron chi connectivity index (χ3n) is 6.58. The largest absolute Gasteiger partial charge is 0.336 e. The zero-order valence-electron chi connectivity index (χ0n) is 20.3. The Morgan fingerprint density at radius 3 is 2.53 bits per heavy atom. The van der Waals surface area contributed by atoms with Crippen molar-refractivity contribution in [1.82, 2.24) is 29.4 Å². The van der Waals surface area contributed by atoms with Gasteiger partial charge >= 0.3 is 0 Å². The van der Waals surface area contributed by atoms with Crippen molar-refractivity contribution in [2.75, 3.05) is 19.6 Å². The molecule has 0 bridgehead atoms. The SMILES string of the molecule is CCc1cc(-c2ccc(F)cc2)nn2cc(C(=O)N3CCN(C(=O)Cc4ccncc4)[C@@H](C)C3)nc12. The summed E-state index contributed by atoms with van der Waals surface area (Å²) in [7, 11) is 0. The number of fused-ring (bicyclic) bond motifs is 1. The number of halogens is 1. The van der Waals surface area contributed by atoms with Gasteiger partial charge in [-0.25, -0.2) is 13.9 Å². The number of benzene rings is 1. The number of hydrogen-bond acceptors (Lipinski definition) is 5. The molecule has 4 heterocycles. The molecule has 2 amide bonds. The van der Waals surface area contributed by atoms with Crippen molar-refractivity contribution in [3.05, 3.63) is 83.7 Å². The molecule has 0 radical (unpaired) electrons. The van der Waals surface area contributed by atoms with Crippen LogP contribution in [0, 0.1) is 5.82 Å². The van der Waals surface area contributed by atoms with Crippen LogP contribution in [0.5, 0.6) is 0 Å². The molecular formula is C27H27FN6O2. The van der Waals surface area contributed by atoms with Gasteiger partial charge in [0.05, 0.1) is 18.3 Å². The van der Waals surface area contributed by atoms with Gasteiger partial charge in [0.2, 0.25) is 5.91 Å². The average molecular weight is 487 g/mol. The minimum absolute atomic E-state index is 0.0404. The molecule has 1 fully saturated rings. The summed E-state index contributed by atoms with van der Waals surface area (Å²) in [4.78, 5) is 38.4. The van der Waals surface area contributed by atoms with E-state index in [0.717, 1.165) is 16.7 Å². The monoisotopic (exact) mass is 486 g/mol. The van der Waals surface area contributed by atoms with E-state index < -0.39 is 0 Å². The zero-order valence-corrected chi connectivity index (χ0v) is 20.3. The molecule has 1 aliphatic heterocycles.